The van der Waals surface area contributed by atoms with Gasteiger partial charge in [-0.3, -0.25) is 4.79 Å². The van der Waals surface area contributed by atoms with Crippen LogP contribution in [-0.4, -0.2) is 29.5 Å². The number of ketones is 1. The number of Topliss-reactive ketones (excluding diaryl/α,β-unsaturated/α-hetero) is 1. The summed E-state index contributed by atoms with van der Waals surface area (Å²) in [5.74, 6) is 1.02. The van der Waals surface area contributed by atoms with Gasteiger partial charge in [0.15, 0.2) is 10.9 Å². The average Bonchev–Trinajstić information content (AvgIpc) is 3.13. The minimum Gasteiger partial charge on any atom is -0.486 e. The van der Waals surface area contributed by atoms with Crippen LogP contribution in [0.4, 0.5) is 5.13 Å². The molecule has 0 bridgehead atoms. The lowest BCUT2D eigenvalue weighted by Crippen LogP contribution is -2.51. The molecule has 150 valence electrons. The number of aromatic nitrogens is 1. The first-order valence-corrected chi connectivity index (χ1v) is 11.3. The number of hydrogen-bond donors (Lipinski definition) is 0. The largest absolute Gasteiger partial charge is 0.486 e. The van der Waals surface area contributed by atoms with E-state index in [1.54, 1.807) is 11.3 Å². The summed E-state index contributed by atoms with van der Waals surface area (Å²) in [4.78, 5) is 20.1. The Balaban J connectivity index is 1.37. The first kappa shape index (κ1) is 18.6. The van der Waals surface area contributed by atoms with Gasteiger partial charge in [0.05, 0.1) is 22.2 Å². The molecule has 0 N–H and O–H groups in total. The third-order valence-corrected chi connectivity index (χ3v) is 7.39. The van der Waals surface area contributed by atoms with E-state index < -0.39 is 0 Å². The quantitative estimate of drug-likeness (QED) is 0.565. The SMILES string of the molecule is CCc1ccc2nc(N3CCC4(CC3)CC(=O)c3cc(C)cc(C)c3O4)sc2c1. The van der Waals surface area contributed by atoms with Gasteiger partial charge in [0.2, 0.25) is 0 Å². The van der Waals surface area contributed by atoms with Gasteiger partial charge in [0, 0.05) is 25.9 Å². The molecule has 1 spiro atoms. The molecule has 29 heavy (non-hydrogen) atoms. The van der Waals surface area contributed by atoms with Crippen molar-refractivity contribution >= 4 is 32.5 Å². The van der Waals surface area contributed by atoms with Gasteiger partial charge in [-0.1, -0.05) is 30.4 Å². The fourth-order valence-corrected chi connectivity index (χ4v) is 5.71. The van der Waals surface area contributed by atoms with Gasteiger partial charge in [-0.15, -0.1) is 0 Å². The maximum absolute atomic E-state index is 12.9. The van der Waals surface area contributed by atoms with Gasteiger partial charge >= 0.3 is 0 Å². The summed E-state index contributed by atoms with van der Waals surface area (Å²) in [5, 5.41) is 1.08. The number of thiazole rings is 1. The van der Waals surface area contributed by atoms with Gasteiger partial charge in [0.25, 0.3) is 0 Å². The number of piperidine rings is 1. The highest BCUT2D eigenvalue weighted by molar-refractivity contribution is 7.22. The Bertz CT molecular complexity index is 1110. The molecule has 3 aromatic rings. The van der Waals surface area contributed by atoms with Gasteiger partial charge in [-0.25, -0.2) is 4.98 Å². The highest BCUT2D eigenvalue weighted by Gasteiger charge is 2.43. The first-order valence-electron chi connectivity index (χ1n) is 10.4. The van der Waals surface area contributed by atoms with Crippen molar-refractivity contribution in [1.29, 1.82) is 0 Å². The summed E-state index contributed by atoms with van der Waals surface area (Å²) in [6, 6.07) is 10.6. The van der Waals surface area contributed by atoms with Crippen LogP contribution in [0.25, 0.3) is 10.2 Å². The third-order valence-electron chi connectivity index (χ3n) is 6.32. The standard InChI is InChI=1S/C24H26N2O2S/c1-4-17-5-6-19-21(13-17)29-23(25-19)26-9-7-24(8-10-26)14-20(27)18-12-15(2)11-16(3)22(18)28-24/h5-6,11-13H,4,7-10,14H2,1-3H3. The maximum atomic E-state index is 12.9. The van der Waals surface area contributed by atoms with Crippen molar-refractivity contribution in [2.45, 2.75) is 52.1 Å². The van der Waals surface area contributed by atoms with Gasteiger partial charge in [0.1, 0.15) is 11.4 Å². The highest BCUT2D eigenvalue weighted by Crippen LogP contribution is 2.42. The van der Waals surface area contributed by atoms with E-state index in [4.69, 9.17) is 9.72 Å². The number of carbonyl (C=O) groups is 1. The predicted octanol–water partition coefficient (Wildman–Crippen LogP) is 5.48. The Kier molecular flexibility index (Phi) is 4.39. The zero-order valence-corrected chi connectivity index (χ0v) is 18.1. The monoisotopic (exact) mass is 406 g/mol. The van der Waals surface area contributed by atoms with Crippen LogP contribution in [-0.2, 0) is 6.42 Å². The van der Waals surface area contributed by atoms with E-state index in [0.29, 0.717) is 6.42 Å². The lowest BCUT2D eigenvalue weighted by Gasteiger charge is -2.44. The zero-order valence-electron chi connectivity index (χ0n) is 17.2. The van der Waals surface area contributed by atoms with E-state index in [0.717, 1.165) is 65.4 Å². The predicted molar refractivity (Wildman–Crippen MR) is 119 cm³/mol. The van der Waals surface area contributed by atoms with Crippen LogP contribution in [0.3, 0.4) is 0 Å². The maximum Gasteiger partial charge on any atom is 0.186 e. The molecule has 0 amide bonds. The van der Waals surface area contributed by atoms with Crippen LogP contribution in [0.2, 0.25) is 0 Å². The number of hydrogen-bond acceptors (Lipinski definition) is 5. The van der Waals surface area contributed by atoms with Crippen molar-refractivity contribution in [1.82, 2.24) is 4.98 Å². The van der Waals surface area contributed by atoms with Crippen molar-refractivity contribution in [3.05, 3.63) is 52.6 Å². The summed E-state index contributed by atoms with van der Waals surface area (Å²) in [5.41, 5.74) is 4.99. The Hall–Kier alpha value is -2.40. The van der Waals surface area contributed by atoms with E-state index in [1.807, 2.05) is 19.9 Å². The number of rotatable bonds is 2. The van der Waals surface area contributed by atoms with E-state index >= 15 is 0 Å². The molecule has 2 aromatic carbocycles. The van der Waals surface area contributed by atoms with Crippen molar-refractivity contribution < 1.29 is 9.53 Å². The van der Waals surface area contributed by atoms with Crippen LogP contribution in [0.5, 0.6) is 5.75 Å². The molecule has 3 heterocycles. The second-order valence-corrected chi connectivity index (χ2v) is 9.49. The van der Waals surface area contributed by atoms with Gasteiger partial charge in [-0.05, 0) is 55.2 Å². The number of ether oxygens (including phenoxy) is 1. The number of anilines is 1. The summed E-state index contributed by atoms with van der Waals surface area (Å²) in [6.45, 7) is 7.99. The summed E-state index contributed by atoms with van der Waals surface area (Å²) < 4.78 is 7.78. The van der Waals surface area contributed by atoms with Crippen molar-refractivity contribution in [3.63, 3.8) is 0 Å². The Labute approximate surface area is 175 Å². The molecule has 2 aliphatic heterocycles. The van der Waals surface area contributed by atoms with E-state index in [2.05, 4.69) is 36.1 Å². The minimum atomic E-state index is -0.368. The molecule has 4 nitrogen and oxygen atoms in total. The molecule has 1 saturated heterocycles. The Morgan fingerprint density at radius 3 is 2.72 bits per heavy atom. The van der Waals surface area contributed by atoms with Crippen LogP contribution < -0.4 is 9.64 Å². The number of aryl methyl sites for hydroxylation is 3. The van der Waals surface area contributed by atoms with E-state index in [1.165, 1.54) is 10.3 Å². The van der Waals surface area contributed by atoms with Gasteiger partial charge in [-0.2, -0.15) is 0 Å². The molecular formula is C24H26N2O2S. The van der Waals surface area contributed by atoms with Crippen molar-refractivity contribution in [2.75, 3.05) is 18.0 Å². The molecule has 0 radical (unpaired) electrons. The van der Waals surface area contributed by atoms with Crippen LogP contribution in [0.1, 0.15) is 53.2 Å². The lowest BCUT2D eigenvalue weighted by molar-refractivity contribution is 0.0226. The fraction of sp³-hybridized carbons (Fsp3) is 0.417. The van der Waals surface area contributed by atoms with Crippen LogP contribution in [0.15, 0.2) is 30.3 Å². The molecule has 0 aliphatic carbocycles. The molecular weight excluding hydrogens is 380 g/mol. The molecule has 2 aliphatic rings. The van der Waals surface area contributed by atoms with Crippen molar-refractivity contribution in [3.8, 4) is 5.75 Å². The number of benzene rings is 2. The van der Waals surface area contributed by atoms with Gasteiger partial charge < -0.3 is 9.64 Å². The first-order chi connectivity index (χ1) is 14.0. The molecule has 5 heteroatoms. The van der Waals surface area contributed by atoms with E-state index in [9.17, 15) is 4.79 Å². The fourth-order valence-electron chi connectivity index (χ4n) is 4.63. The van der Waals surface area contributed by atoms with Crippen LogP contribution >= 0.6 is 11.3 Å². The summed E-state index contributed by atoms with van der Waals surface area (Å²) in [7, 11) is 0. The smallest absolute Gasteiger partial charge is 0.186 e. The number of fused-ring (bicyclic) bond motifs is 2. The highest BCUT2D eigenvalue weighted by atomic mass is 32.1. The third kappa shape index (κ3) is 3.21. The normalized spacial score (nSPS) is 18.2. The molecule has 0 unspecified atom stereocenters. The van der Waals surface area contributed by atoms with Crippen LogP contribution in [0, 0.1) is 13.8 Å². The Morgan fingerprint density at radius 1 is 1.17 bits per heavy atom. The molecule has 5 rings (SSSR count). The summed E-state index contributed by atoms with van der Waals surface area (Å²) in [6.07, 6.45) is 3.22. The Morgan fingerprint density at radius 2 is 1.97 bits per heavy atom. The summed E-state index contributed by atoms with van der Waals surface area (Å²) >= 11 is 1.77. The number of nitrogens with zero attached hydrogens (tertiary/aromatic N) is 2. The average molecular weight is 407 g/mol. The second kappa shape index (κ2) is 6.84. The lowest BCUT2D eigenvalue weighted by atomic mass is 9.81. The molecule has 1 aromatic heterocycles. The second-order valence-electron chi connectivity index (χ2n) is 8.48. The molecule has 0 saturated carbocycles. The van der Waals surface area contributed by atoms with E-state index in [-0.39, 0.29) is 11.4 Å². The molecule has 0 atom stereocenters. The molecule has 1 fully saturated rings. The topological polar surface area (TPSA) is 42.4 Å². The zero-order chi connectivity index (χ0) is 20.2. The number of carbonyl (C=O) groups excluding carboxylic acids is 1. The minimum absolute atomic E-state index is 0.221. The van der Waals surface area contributed by atoms with Crippen molar-refractivity contribution in [2.24, 2.45) is 0 Å².